The first-order valence-corrected chi connectivity index (χ1v) is 10.2. The van der Waals surface area contributed by atoms with E-state index in [1.165, 1.54) is 12.0 Å². The molecule has 2 aliphatic heterocycles. The fourth-order valence-corrected chi connectivity index (χ4v) is 4.37. The number of likely N-dealkylation sites (tertiary alicyclic amines) is 2. The number of nitrogens with one attached hydrogen (secondary N) is 1. The summed E-state index contributed by atoms with van der Waals surface area (Å²) in [6, 6.07) is 7.82. The quantitative estimate of drug-likeness (QED) is 0.794. The molecule has 2 fully saturated rings. The van der Waals surface area contributed by atoms with E-state index in [2.05, 4.69) is 4.98 Å². The molecule has 7 nitrogen and oxygen atoms in total. The molecule has 0 bridgehead atoms. The van der Waals surface area contributed by atoms with E-state index in [-0.39, 0.29) is 23.7 Å². The summed E-state index contributed by atoms with van der Waals surface area (Å²) in [6.07, 6.45) is 3.38. The zero-order chi connectivity index (χ0) is 19.5. The third kappa shape index (κ3) is 4.04. The molecule has 2 aromatic rings. The molecule has 0 aliphatic carbocycles. The van der Waals surface area contributed by atoms with Crippen molar-refractivity contribution in [2.24, 2.45) is 5.92 Å². The number of methoxy groups -OCH3 is 1. The number of piperidine rings is 2. The molecule has 2 aliphatic rings. The molecule has 1 aromatic heterocycles. The van der Waals surface area contributed by atoms with Gasteiger partial charge in [0.05, 0.1) is 26.1 Å². The van der Waals surface area contributed by atoms with E-state index in [1.807, 2.05) is 29.2 Å². The van der Waals surface area contributed by atoms with Crippen LogP contribution in [0.25, 0.3) is 11.1 Å². The topological polar surface area (TPSA) is 77.1 Å². The van der Waals surface area contributed by atoms with Crippen molar-refractivity contribution in [2.75, 3.05) is 39.8 Å². The number of nitrogens with zero attached hydrogens (tertiary/aromatic N) is 2. The minimum absolute atomic E-state index is 0.00379. The van der Waals surface area contributed by atoms with E-state index in [1.54, 1.807) is 0 Å². The molecule has 4 rings (SSSR count). The number of oxazole rings is 1. The molecule has 1 amide bonds. The van der Waals surface area contributed by atoms with Crippen molar-refractivity contribution in [1.29, 1.82) is 0 Å². The number of carbonyl (C=O) groups is 2. The standard InChI is InChI=1S/C21H27N3O4/c1-27-21(26)16-6-10-23(11-7-16)14-19(25)24-12-8-15(9-13-24)20-22-17-4-2-3-5-18(17)28-20/h2-5,15-16H,6-14H2,1H3/p+1. The van der Waals surface area contributed by atoms with Crippen molar-refractivity contribution in [1.82, 2.24) is 9.88 Å². The molecule has 2 saturated heterocycles. The molecular formula is C21H28N3O4+. The number of amides is 1. The number of hydrogen-bond donors (Lipinski definition) is 1. The molecule has 28 heavy (non-hydrogen) atoms. The van der Waals surface area contributed by atoms with Gasteiger partial charge in [-0.15, -0.1) is 0 Å². The monoisotopic (exact) mass is 386 g/mol. The second-order valence-electron chi connectivity index (χ2n) is 7.90. The van der Waals surface area contributed by atoms with Gasteiger partial charge >= 0.3 is 5.97 Å². The molecular weight excluding hydrogens is 358 g/mol. The van der Waals surface area contributed by atoms with Gasteiger partial charge < -0.3 is 19.0 Å². The van der Waals surface area contributed by atoms with Crippen molar-refractivity contribution in [2.45, 2.75) is 31.6 Å². The summed E-state index contributed by atoms with van der Waals surface area (Å²) in [5, 5.41) is 0. The van der Waals surface area contributed by atoms with E-state index in [4.69, 9.17) is 9.15 Å². The molecule has 0 radical (unpaired) electrons. The zero-order valence-corrected chi connectivity index (χ0v) is 16.4. The molecule has 0 saturated carbocycles. The molecule has 1 N–H and O–H groups in total. The number of carbonyl (C=O) groups excluding carboxylic acids is 2. The molecule has 0 unspecified atom stereocenters. The van der Waals surface area contributed by atoms with Crippen LogP contribution < -0.4 is 4.90 Å². The van der Waals surface area contributed by atoms with E-state index < -0.39 is 0 Å². The van der Waals surface area contributed by atoms with E-state index in [9.17, 15) is 9.59 Å². The van der Waals surface area contributed by atoms with Crippen LogP contribution >= 0.6 is 0 Å². The lowest BCUT2D eigenvalue weighted by Crippen LogP contribution is -3.14. The van der Waals surface area contributed by atoms with Crippen LogP contribution in [-0.4, -0.2) is 61.6 Å². The number of esters is 1. The normalized spacial score (nSPS) is 23.7. The highest BCUT2D eigenvalue weighted by atomic mass is 16.5. The number of quaternary nitrogens is 1. The van der Waals surface area contributed by atoms with Crippen LogP contribution in [0.3, 0.4) is 0 Å². The first kappa shape index (κ1) is 18.9. The fourth-order valence-electron chi connectivity index (χ4n) is 4.37. The van der Waals surface area contributed by atoms with Crippen LogP contribution in [-0.2, 0) is 14.3 Å². The third-order valence-electron chi connectivity index (χ3n) is 6.14. The Hall–Kier alpha value is -2.41. The maximum absolute atomic E-state index is 12.7. The van der Waals surface area contributed by atoms with Gasteiger partial charge in [-0.1, -0.05) is 12.1 Å². The second kappa shape index (κ2) is 8.31. The Balaban J connectivity index is 1.26. The highest BCUT2D eigenvalue weighted by Gasteiger charge is 2.32. The molecule has 1 aromatic carbocycles. The van der Waals surface area contributed by atoms with Crippen LogP contribution in [0.4, 0.5) is 0 Å². The predicted octanol–water partition coefficient (Wildman–Crippen LogP) is 1.00. The summed E-state index contributed by atoms with van der Waals surface area (Å²) in [5.74, 6) is 1.16. The smallest absolute Gasteiger partial charge is 0.309 e. The number of para-hydroxylation sites is 2. The van der Waals surface area contributed by atoms with Crippen molar-refractivity contribution in [3.63, 3.8) is 0 Å². The van der Waals surface area contributed by atoms with Crippen LogP contribution in [0.5, 0.6) is 0 Å². The minimum Gasteiger partial charge on any atom is -0.469 e. The Morgan fingerprint density at radius 1 is 1.18 bits per heavy atom. The van der Waals surface area contributed by atoms with E-state index >= 15 is 0 Å². The van der Waals surface area contributed by atoms with Crippen molar-refractivity contribution >= 4 is 23.0 Å². The van der Waals surface area contributed by atoms with Crippen molar-refractivity contribution in [3.05, 3.63) is 30.2 Å². The minimum atomic E-state index is -0.119. The summed E-state index contributed by atoms with van der Waals surface area (Å²) < 4.78 is 10.7. The Labute approximate surface area is 164 Å². The summed E-state index contributed by atoms with van der Waals surface area (Å²) in [5.41, 5.74) is 1.73. The maximum atomic E-state index is 12.7. The van der Waals surface area contributed by atoms with Crippen LogP contribution in [0.1, 0.15) is 37.5 Å². The summed E-state index contributed by atoms with van der Waals surface area (Å²) in [6.45, 7) is 3.72. The number of fused-ring (bicyclic) bond motifs is 1. The molecule has 0 atom stereocenters. The van der Waals surface area contributed by atoms with Gasteiger partial charge in [-0.25, -0.2) is 4.98 Å². The summed E-state index contributed by atoms with van der Waals surface area (Å²) in [7, 11) is 1.44. The average Bonchev–Trinajstić information content (AvgIpc) is 3.18. The Bertz CT molecular complexity index is 800. The number of aromatic nitrogens is 1. The Morgan fingerprint density at radius 3 is 2.57 bits per heavy atom. The van der Waals surface area contributed by atoms with Gasteiger partial charge in [-0.2, -0.15) is 0 Å². The summed E-state index contributed by atoms with van der Waals surface area (Å²) >= 11 is 0. The van der Waals surface area contributed by atoms with Crippen molar-refractivity contribution in [3.8, 4) is 0 Å². The lowest BCUT2D eigenvalue weighted by molar-refractivity contribution is -0.898. The fraction of sp³-hybridized carbons (Fsp3) is 0.571. The van der Waals surface area contributed by atoms with Gasteiger partial charge in [0.2, 0.25) is 0 Å². The van der Waals surface area contributed by atoms with Gasteiger partial charge in [0.25, 0.3) is 5.91 Å². The third-order valence-corrected chi connectivity index (χ3v) is 6.14. The predicted molar refractivity (Wildman–Crippen MR) is 103 cm³/mol. The maximum Gasteiger partial charge on any atom is 0.309 e. The highest BCUT2D eigenvalue weighted by molar-refractivity contribution is 5.77. The molecule has 0 spiro atoms. The zero-order valence-electron chi connectivity index (χ0n) is 16.4. The van der Waals surface area contributed by atoms with Crippen LogP contribution in [0.2, 0.25) is 0 Å². The van der Waals surface area contributed by atoms with Gasteiger partial charge in [-0.3, -0.25) is 9.59 Å². The number of rotatable bonds is 4. The van der Waals surface area contributed by atoms with Gasteiger partial charge in [0.1, 0.15) is 5.52 Å². The molecule has 3 heterocycles. The van der Waals surface area contributed by atoms with E-state index in [0.29, 0.717) is 6.54 Å². The van der Waals surface area contributed by atoms with Gasteiger partial charge in [0.15, 0.2) is 18.0 Å². The number of ether oxygens (including phenoxy) is 1. The first-order chi connectivity index (χ1) is 13.6. The average molecular weight is 386 g/mol. The number of hydrogen-bond acceptors (Lipinski definition) is 5. The summed E-state index contributed by atoms with van der Waals surface area (Å²) in [4.78, 5) is 32.2. The van der Waals surface area contributed by atoms with Gasteiger partial charge in [0, 0.05) is 31.8 Å². The van der Waals surface area contributed by atoms with E-state index in [0.717, 1.165) is 68.9 Å². The van der Waals surface area contributed by atoms with Crippen molar-refractivity contribution < 1.29 is 23.6 Å². The lowest BCUT2D eigenvalue weighted by atomic mass is 9.96. The highest BCUT2D eigenvalue weighted by Crippen LogP contribution is 2.29. The van der Waals surface area contributed by atoms with Crippen LogP contribution in [0.15, 0.2) is 28.7 Å². The van der Waals surface area contributed by atoms with Crippen LogP contribution in [0, 0.1) is 5.92 Å². The Morgan fingerprint density at radius 2 is 1.89 bits per heavy atom. The second-order valence-corrected chi connectivity index (χ2v) is 7.90. The van der Waals surface area contributed by atoms with Gasteiger partial charge in [-0.05, 0) is 25.0 Å². The SMILES string of the molecule is COC(=O)C1CC[NH+](CC(=O)N2CCC(c3nc4ccccc4o3)CC2)CC1. The molecule has 150 valence electrons. The largest absolute Gasteiger partial charge is 0.469 e. The first-order valence-electron chi connectivity index (χ1n) is 10.2. The number of benzene rings is 1. The molecule has 7 heteroatoms. The lowest BCUT2D eigenvalue weighted by Gasteiger charge is -2.33. The Kier molecular flexibility index (Phi) is 5.62.